The fraction of sp³-hybridized carbons (Fsp3) is 0.143. The number of alkyl halides is 4. The molecule has 0 fully saturated rings. The minimum atomic E-state index is -4.70. The van der Waals surface area contributed by atoms with E-state index in [-0.39, 0.29) is 16.4 Å². The Bertz CT molecular complexity index is 563. The van der Waals surface area contributed by atoms with E-state index >= 15 is 0 Å². The molecule has 0 aromatic heterocycles. The first-order valence-electron chi connectivity index (χ1n) is 5.60. The van der Waals surface area contributed by atoms with Crippen molar-refractivity contribution in [3.63, 3.8) is 0 Å². The molecular weight excluding hydrogens is 340 g/mol. The SMILES string of the molecule is Fc1ccc(C(Br)c2ccc(OC(F)(F)F)cc2)cc1. The summed E-state index contributed by atoms with van der Waals surface area (Å²) in [6, 6.07) is 11.4. The van der Waals surface area contributed by atoms with E-state index in [1.165, 1.54) is 36.4 Å². The highest BCUT2D eigenvalue weighted by Crippen LogP contribution is 2.32. The minimum Gasteiger partial charge on any atom is -0.406 e. The van der Waals surface area contributed by atoms with Gasteiger partial charge < -0.3 is 4.74 Å². The fourth-order valence-corrected chi connectivity index (χ4v) is 2.27. The van der Waals surface area contributed by atoms with Gasteiger partial charge in [-0.15, -0.1) is 13.2 Å². The molecular formula is C14H9BrF4O. The van der Waals surface area contributed by atoms with Gasteiger partial charge in [0.2, 0.25) is 0 Å². The monoisotopic (exact) mass is 348 g/mol. The van der Waals surface area contributed by atoms with E-state index in [9.17, 15) is 17.6 Å². The van der Waals surface area contributed by atoms with E-state index in [4.69, 9.17) is 0 Å². The summed E-state index contributed by atoms with van der Waals surface area (Å²) in [5.41, 5.74) is 1.54. The van der Waals surface area contributed by atoms with Gasteiger partial charge in [-0.3, -0.25) is 0 Å². The third kappa shape index (κ3) is 3.96. The van der Waals surface area contributed by atoms with Crippen molar-refractivity contribution in [1.29, 1.82) is 0 Å². The zero-order valence-electron chi connectivity index (χ0n) is 9.99. The molecule has 106 valence electrons. The maximum atomic E-state index is 12.8. The van der Waals surface area contributed by atoms with Crippen molar-refractivity contribution in [2.24, 2.45) is 0 Å². The van der Waals surface area contributed by atoms with Gasteiger partial charge in [0.25, 0.3) is 0 Å². The van der Waals surface area contributed by atoms with Gasteiger partial charge in [-0.05, 0) is 35.4 Å². The molecule has 2 rings (SSSR count). The highest BCUT2D eigenvalue weighted by Gasteiger charge is 2.31. The molecule has 0 heterocycles. The Hall–Kier alpha value is -1.56. The lowest BCUT2D eigenvalue weighted by Crippen LogP contribution is -2.17. The van der Waals surface area contributed by atoms with E-state index in [0.29, 0.717) is 0 Å². The summed E-state index contributed by atoms with van der Waals surface area (Å²) in [5, 5.41) is 0. The summed E-state index contributed by atoms with van der Waals surface area (Å²) in [6.45, 7) is 0. The molecule has 1 atom stereocenters. The summed E-state index contributed by atoms with van der Waals surface area (Å²) in [5.74, 6) is -0.623. The molecule has 0 saturated carbocycles. The highest BCUT2D eigenvalue weighted by atomic mass is 79.9. The molecule has 0 aliphatic carbocycles. The Morgan fingerprint density at radius 1 is 0.850 bits per heavy atom. The van der Waals surface area contributed by atoms with Gasteiger partial charge in [0.15, 0.2) is 0 Å². The summed E-state index contributed by atoms with van der Waals surface area (Å²) < 4.78 is 52.7. The maximum absolute atomic E-state index is 12.8. The Kier molecular flexibility index (Phi) is 4.32. The van der Waals surface area contributed by atoms with E-state index < -0.39 is 6.36 Å². The number of halogens is 5. The van der Waals surface area contributed by atoms with Gasteiger partial charge in [0.1, 0.15) is 11.6 Å². The van der Waals surface area contributed by atoms with Crippen LogP contribution in [0, 0.1) is 5.82 Å². The minimum absolute atomic E-state index is 0.233. The molecule has 0 radical (unpaired) electrons. The standard InChI is InChI=1S/C14H9BrF4O/c15-13(9-1-5-11(16)6-2-9)10-3-7-12(8-4-10)20-14(17,18)19/h1-8,13H. The second kappa shape index (κ2) is 5.83. The first-order valence-corrected chi connectivity index (χ1v) is 6.52. The predicted molar refractivity (Wildman–Crippen MR) is 70.3 cm³/mol. The van der Waals surface area contributed by atoms with Gasteiger partial charge in [0, 0.05) is 0 Å². The third-order valence-corrected chi connectivity index (χ3v) is 3.63. The van der Waals surface area contributed by atoms with Crippen LogP contribution in [-0.4, -0.2) is 6.36 Å². The van der Waals surface area contributed by atoms with Gasteiger partial charge >= 0.3 is 6.36 Å². The van der Waals surface area contributed by atoms with Crippen LogP contribution in [-0.2, 0) is 0 Å². The molecule has 0 amide bonds. The van der Waals surface area contributed by atoms with E-state index in [1.807, 2.05) is 0 Å². The van der Waals surface area contributed by atoms with Crippen molar-refractivity contribution in [2.75, 3.05) is 0 Å². The Morgan fingerprint density at radius 3 is 1.75 bits per heavy atom. The molecule has 2 aromatic rings. The zero-order chi connectivity index (χ0) is 14.8. The Morgan fingerprint density at radius 2 is 1.30 bits per heavy atom. The lowest BCUT2D eigenvalue weighted by molar-refractivity contribution is -0.274. The van der Waals surface area contributed by atoms with Crippen molar-refractivity contribution < 1.29 is 22.3 Å². The van der Waals surface area contributed by atoms with E-state index in [1.54, 1.807) is 12.1 Å². The van der Waals surface area contributed by atoms with Gasteiger partial charge in [-0.1, -0.05) is 40.2 Å². The van der Waals surface area contributed by atoms with Crippen LogP contribution in [0.2, 0.25) is 0 Å². The van der Waals surface area contributed by atoms with Crippen molar-refractivity contribution in [2.45, 2.75) is 11.2 Å². The lowest BCUT2D eigenvalue weighted by atomic mass is 10.0. The van der Waals surface area contributed by atoms with Crippen LogP contribution in [0.4, 0.5) is 17.6 Å². The molecule has 2 aromatic carbocycles. The number of benzene rings is 2. The zero-order valence-corrected chi connectivity index (χ0v) is 11.6. The van der Waals surface area contributed by atoms with Crippen molar-refractivity contribution in [3.05, 3.63) is 65.5 Å². The Balaban J connectivity index is 2.15. The van der Waals surface area contributed by atoms with Crippen LogP contribution in [0.15, 0.2) is 48.5 Å². The van der Waals surface area contributed by atoms with Crippen molar-refractivity contribution >= 4 is 15.9 Å². The molecule has 1 nitrogen and oxygen atoms in total. The third-order valence-electron chi connectivity index (χ3n) is 2.57. The first-order chi connectivity index (χ1) is 9.35. The average Bonchev–Trinajstić information content (AvgIpc) is 2.38. The van der Waals surface area contributed by atoms with Crippen LogP contribution in [0.3, 0.4) is 0 Å². The fourth-order valence-electron chi connectivity index (χ4n) is 1.66. The topological polar surface area (TPSA) is 9.23 Å². The molecule has 0 saturated heterocycles. The molecule has 0 bridgehead atoms. The molecule has 6 heteroatoms. The average molecular weight is 349 g/mol. The van der Waals surface area contributed by atoms with Gasteiger partial charge in [0.05, 0.1) is 4.83 Å². The van der Waals surface area contributed by atoms with Crippen LogP contribution in [0.5, 0.6) is 5.75 Å². The summed E-state index contributed by atoms with van der Waals surface area (Å²) in [6.07, 6.45) is -4.70. The van der Waals surface area contributed by atoms with Crippen LogP contribution in [0.1, 0.15) is 16.0 Å². The highest BCUT2D eigenvalue weighted by molar-refractivity contribution is 9.09. The van der Waals surface area contributed by atoms with Crippen LogP contribution in [0.25, 0.3) is 0 Å². The van der Waals surface area contributed by atoms with Gasteiger partial charge in [-0.2, -0.15) is 0 Å². The molecule has 0 N–H and O–H groups in total. The first kappa shape index (κ1) is 14.8. The van der Waals surface area contributed by atoms with E-state index in [0.717, 1.165) is 11.1 Å². The van der Waals surface area contributed by atoms with Crippen LogP contribution < -0.4 is 4.74 Å². The number of ether oxygens (including phenoxy) is 1. The van der Waals surface area contributed by atoms with Crippen molar-refractivity contribution in [3.8, 4) is 5.75 Å². The second-order valence-electron chi connectivity index (χ2n) is 4.03. The lowest BCUT2D eigenvalue weighted by Gasteiger charge is -2.13. The molecule has 1 unspecified atom stereocenters. The quantitative estimate of drug-likeness (QED) is 0.546. The second-order valence-corrected chi connectivity index (χ2v) is 4.95. The molecule has 0 spiro atoms. The molecule has 0 aliphatic heterocycles. The summed E-state index contributed by atoms with van der Waals surface area (Å²) in [7, 11) is 0. The van der Waals surface area contributed by atoms with Crippen LogP contribution >= 0.6 is 15.9 Å². The predicted octanol–water partition coefficient (Wildman–Crippen LogP) is 5.21. The molecule has 20 heavy (non-hydrogen) atoms. The Labute approximate surface area is 121 Å². The smallest absolute Gasteiger partial charge is 0.406 e. The number of hydrogen-bond donors (Lipinski definition) is 0. The van der Waals surface area contributed by atoms with Crippen molar-refractivity contribution in [1.82, 2.24) is 0 Å². The normalized spacial score (nSPS) is 13.1. The molecule has 0 aliphatic rings. The van der Waals surface area contributed by atoms with E-state index in [2.05, 4.69) is 20.7 Å². The number of hydrogen-bond acceptors (Lipinski definition) is 1. The largest absolute Gasteiger partial charge is 0.573 e. The maximum Gasteiger partial charge on any atom is 0.573 e. The summed E-state index contributed by atoms with van der Waals surface area (Å²) in [4.78, 5) is -0.233. The number of rotatable bonds is 3. The summed E-state index contributed by atoms with van der Waals surface area (Å²) >= 11 is 3.42. The van der Waals surface area contributed by atoms with Gasteiger partial charge in [-0.25, -0.2) is 4.39 Å².